The van der Waals surface area contributed by atoms with Gasteiger partial charge >= 0.3 is 128 Å². The molecule has 0 saturated carbocycles. The molecule has 21 heavy (non-hydrogen) atoms. The van der Waals surface area contributed by atoms with Gasteiger partial charge in [-0.05, 0) is 0 Å². The number of halogens is 2. The van der Waals surface area contributed by atoms with Gasteiger partial charge in [0.05, 0.1) is 0 Å². The topological polar surface area (TPSA) is 9.23 Å². The molecule has 0 saturated heterocycles. The van der Waals surface area contributed by atoms with Crippen molar-refractivity contribution in [2.45, 2.75) is 38.7 Å². The van der Waals surface area contributed by atoms with E-state index in [9.17, 15) is 0 Å². The van der Waals surface area contributed by atoms with E-state index in [0.717, 1.165) is 25.9 Å². The maximum Gasteiger partial charge on any atom is -1.00 e. The predicted molar refractivity (Wildman–Crippen MR) is 75.6 cm³/mol. The molecule has 0 bridgehead atoms. The fourth-order valence-electron chi connectivity index (χ4n) is 2.28. The molecule has 0 aliphatic heterocycles. The van der Waals surface area contributed by atoms with E-state index in [1.54, 1.807) is 0 Å². The van der Waals surface area contributed by atoms with Gasteiger partial charge in [0, 0.05) is 0 Å². The maximum atomic E-state index is 6.13. The number of allylic oxidation sites excluding steroid dienone is 2. The number of unbranched alkanes of at least 4 members (excludes halogenated alkanes) is 1. The molecule has 0 aromatic heterocycles. The number of benzene rings is 1. The molecule has 0 fully saturated rings. The zero-order chi connectivity index (χ0) is 13.5. The van der Waals surface area contributed by atoms with Crippen molar-refractivity contribution < 1.29 is 50.0 Å². The minimum atomic E-state index is 0. The second-order valence-electron chi connectivity index (χ2n) is 4.94. The van der Waals surface area contributed by atoms with E-state index in [-0.39, 0.29) is 30.9 Å². The Morgan fingerprint density at radius 2 is 1.90 bits per heavy atom. The van der Waals surface area contributed by atoms with Crippen LogP contribution in [0, 0.1) is 0 Å². The quantitative estimate of drug-likeness (QED) is 0.411. The SMILES string of the molecule is CCCCOC(Cc1ccccc1)C1=[C]([Ti+2])CC=C1.[Cl-].[Cl-]. The molecule has 1 aliphatic carbocycles. The largest absolute Gasteiger partial charge is 1.00 e. The molecule has 1 nitrogen and oxygen atoms in total. The number of hydrogen-bond acceptors (Lipinski definition) is 1. The summed E-state index contributed by atoms with van der Waals surface area (Å²) in [5, 5.41) is 0. The minimum Gasteiger partial charge on any atom is -1.00 e. The zero-order valence-corrected chi connectivity index (χ0v) is 15.4. The average Bonchev–Trinajstić information content (AvgIpc) is 2.85. The van der Waals surface area contributed by atoms with Crippen molar-refractivity contribution in [3.8, 4) is 0 Å². The zero-order valence-electron chi connectivity index (χ0n) is 12.3. The summed E-state index contributed by atoms with van der Waals surface area (Å²) < 4.78 is 7.59. The van der Waals surface area contributed by atoms with Gasteiger partial charge in [0.1, 0.15) is 0 Å². The molecule has 1 atom stereocenters. The van der Waals surface area contributed by atoms with Crippen molar-refractivity contribution in [1.82, 2.24) is 0 Å². The van der Waals surface area contributed by atoms with Gasteiger partial charge in [-0.25, -0.2) is 0 Å². The Morgan fingerprint density at radius 1 is 1.19 bits per heavy atom. The molecule has 1 aromatic carbocycles. The van der Waals surface area contributed by atoms with Crippen LogP contribution in [0.25, 0.3) is 0 Å². The van der Waals surface area contributed by atoms with Crippen molar-refractivity contribution in [2.24, 2.45) is 0 Å². The Labute approximate surface area is 152 Å². The summed E-state index contributed by atoms with van der Waals surface area (Å²) in [6.45, 7) is 3.06. The average molecular weight is 360 g/mol. The van der Waals surface area contributed by atoms with Gasteiger partial charge in [-0.3, -0.25) is 0 Å². The molecule has 0 amide bonds. The summed E-state index contributed by atoms with van der Waals surface area (Å²) in [5.74, 6) is 0. The fourth-order valence-corrected chi connectivity index (χ4v) is 2.85. The Balaban J connectivity index is 0.00000200. The molecule has 1 aromatic rings. The smallest absolute Gasteiger partial charge is 1.00 e. The summed E-state index contributed by atoms with van der Waals surface area (Å²) >= 11 is 2.22. The van der Waals surface area contributed by atoms with E-state index in [2.05, 4.69) is 69.8 Å². The van der Waals surface area contributed by atoms with E-state index >= 15 is 0 Å². The van der Waals surface area contributed by atoms with Crippen LogP contribution >= 0.6 is 0 Å². The maximum absolute atomic E-state index is 6.13. The Hall–Kier alpha value is -0.0457. The van der Waals surface area contributed by atoms with Crippen molar-refractivity contribution in [3.05, 3.63) is 57.5 Å². The first-order valence-corrected chi connectivity index (χ1v) is 7.86. The van der Waals surface area contributed by atoms with Crippen LogP contribution in [0.2, 0.25) is 0 Å². The van der Waals surface area contributed by atoms with Crippen LogP contribution in [0.4, 0.5) is 0 Å². The molecular formula is C17H21Cl2OTi. The predicted octanol–water partition coefficient (Wildman–Crippen LogP) is -1.82. The van der Waals surface area contributed by atoms with Crippen molar-refractivity contribution in [3.63, 3.8) is 0 Å². The van der Waals surface area contributed by atoms with Gasteiger partial charge < -0.3 is 24.8 Å². The van der Waals surface area contributed by atoms with E-state index < -0.39 is 0 Å². The van der Waals surface area contributed by atoms with E-state index in [4.69, 9.17) is 4.74 Å². The standard InChI is InChI=1S/C17H21O.2ClH.Ti/c1-2-3-13-18-17(16-11-7-8-12-16)14-15-9-5-4-6-10-15;;;/h4-7,9-11,17H,2-3,8,13-14H2,1H3;2*1H;/q;;;+2/p-2. The molecule has 113 valence electrons. The first-order valence-electron chi connectivity index (χ1n) is 7.08. The first-order chi connectivity index (χ1) is 9.31. The van der Waals surface area contributed by atoms with Crippen molar-refractivity contribution in [2.75, 3.05) is 6.61 Å². The van der Waals surface area contributed by atoms with Crippen LogP contribution in [0.15, 0.2) is 51.9 Å². The summed E-state index contributed by atoms with van der Waals surface area (Å²) in [7, 11) is 0. The van der Waals surface area contributed by atoms with Gasteiger partial charge in [0.15, 0.2) is 0 Å². The molecule has 1 unspecified atom stereocenters. The van der Waals surface area contributed by atoms with Gasteiger partial charge in [-0.15, -0.1) is 0 Å². The first kappa shape index (κ1) is 21.0. The fraction of sp³-hybridized carbons (Fsp3) is 0.412. The molecule has 0 radical (unpaired) electrons. The van der Waals surface area contributed by atoms with E-state index in [1.807, 2.05) is 0 Å². The summed E-state index contributed by atoms with van der Waals surface area (Å²) in [6, 6.07) is 10.6. The number of rotatable bonds is 7. The second-order valence-corrected chi connectivity index (χ2v) is 5.89. The Kier molecular flexibility index (Phi) is 11.5. The third-order valence-electron chi connectivity index (χ3n) is 3.40. The molecule has 4 heteroatoms. The van der Waals surface area contributed by atoms with E-state index in [0.29, 0.717) is 0 Å². The van der Waals surface area contributed by atoms with Crippen LogP contribution in [0.1, 0.15) is 31.7 Å². The molecule has 0 heterocycles. The van der Waals surface area contributed by atoms with Crippen LogP contribution in [-0.4, -0.2) is 12.7 Å². The second kappa shape index (κ2) is 11.5. The minimum absolute atomic E-state index is 0. The van der Waals surface area contributed by atoms with Crippen molar-refractivity contribution in [1.29, 1.82) is 0 Å². The molecule has 0 spiro atoms. The monoisotopic (exact) mass is 359 g/mol. The Morgan fingerprint density at radius 3 is 2.48 bits per heavy atom. The normalized spacial score (nSPS) is 14.6. The summed E-state index contributed by atoms with van der Waals surface area (Å²) in [4.78, 5) is 0. The molecule has 1 aliphatic rings. The van der Waals surface area contributed by atoms with Crippen molar-refractivity contribution >= 4 is 0 Å². The summed E-state index contributed by atoms with van der Waals surface area (Å²) in [5.41, 5.74) is 2.74. The van der Waals surface area contributed by atoms with Gasteiger partial charge in [-0.2, -0.15) is 0 Å². The molecule has 0 N–H and O–H groups in total. The van der Waals surface area contributed by atoms with Gasteiger partial charge in [0.2, 0.25) is 0 Å². The Bertz CT molecular complexity index is 457. The summed E-state index contributed by atoms with van der Waals surface area (Å²) in [6.07, 6.45) is 9.08. The van der Waals surface area contributed by atoms with Gasteiger partial charge in [-0.1, -0.05) is 0 Å². The van der Waals surface area contributed by atoms with Crippen LogP contribution < -0.4 is 24.8 Å². The third-order valence-corrected chi connectivity index (χ3v) is 4.17. The molecule has 2 rings (SSSR count). The number of ether oxygens (including phenoxy) is 1. The molecular weight excluding hydrogens is 339 g/mol. The van der Waals surface area contributed by atoms with Crippen LogP contribution in [-0.2, 0) is 31.6 Å². The third kappa shape index (κ3) is 6.71. The van der Waals surface area contributed by atoms with Gasteiger partial charge in [0.25, 0.3) is 0 Å². The van der Waals surface area contributed by atoms with E-state index in [1.165, 1.54) is 21.4 Å². The number of hydrogen-bond donors (Lipinski definition) is 0. The van der Waals surface area contributed by atoms with Crippen LogP contribution in [0.5, 0.6) is 0 Å². The van der Waals surface area contributed by atoms with Crippen LogP contribution in [0.3, 0.4) is 0 Å².